The maximum absolute atomic E-state index is 12.7. The second-order valence-corrected chi connectivity index (χ2v) is 7.30. The van der Waals surface area contributed by atoms with Crippen LogP contribution in [0.2, 0.25) is 10.0 Å². The van der Waals surface area contributed by atoms with Gasteiger partial charge in [-0.05, 0) is 42.5 Å². The number of nitrogen functional groups attached to an aromatic ring is 1. The normalized spacial score (nSPS) is 14.6. The molecule has 2 heterocycles. The summed E-state index contributed by atoms with van der Waals surface area (Å²) in [4.78, 5) is 21.3. The monoisotopic (exact) mass is 400 g/mol. The predicted octanol–water partition coefficient (Wildman–Crippen LogP) is 4.09. The summed E-state index contributed by atoms with van der Waals surface area (Å²) in [6.07, 6.45) is 1.77. The molecule has 1 amide bonds. The highest BCUT2D eigenvalue weighted by atomic mass is 35.5. The third-order valence-electron chi connectivity index (χ3n) is 4.86. The van der Waals surface area contributed by atoms with E-state index in [1.807, 2.05) is 29.2 Å². The standard InChI is InChI=1S/C20H18Cl2N4O/c21-15-4-3-13(12-16(15)22)20(27)26-10-8-25(9-11-26)18-6-5-17(23)14-2-1-7-24-19(14)18/h1-7,12H,8-11,23H2. The molecule has 0 radical (unpaired) electrons. The SMILES string of the molecule is Nc1ccc(N2CCN(C(=O)c3ccc(Cl)c(Cl)c3)CC2)c2ncccc12. The largest absolute Gasteiger partial charge is 0.398 e. The van der Waals surface area contributed by atoms with Gasteiger partial charge in [-0.2, -0.15) is 0 Å². The molecular formula is C20H18Cl2N4O. The number of halogens is 2. The Morgan fingerprint density at radius 3 is 2.52 bits per heavy atom. The lowest BCUT2D eigenvalue weighted by Crippen LogP contribution is -2.48. The van der Waals surface area contributed by atoms with E-state index in [1.54, 1.807) is 24.4 Å². The number of nitrogens with two attached hydrogens (primary N) is 1. The van der Waals surface area contributed by atoms with Gasteiger partial charge in [0, 0.05) is 49.0 Å². The number of benzene rings is 2. The third kappa shape index (κ3) is 3.40. The first-order valence-electron chi connectivity index (χ1n) is 8.67. The zero-order valence-corrected chi connectivity index (χ0v) is 16.0. The molecular weight excluding hydrogens is 383 g/mol. The fourth-order valence-corrected chi connectivity index (χ4v) is 3.70. The van der Waals surface area contributed by atoms with Gasteiger partial charge in [0.2, 0.25) is 0 Å². The van der Waals surface area contributed by atoms with Crippen LogP contribution in [0.1, 0.15) is 10.4 Å². The second-order valence-electron chi connectivity index (χ2n) is 6.48. The van der Waals surface area contributed by atoms with E-state index in [9.17, 15) is 4.79 Å². The van der Waals surface area contributed by atoms with Crippen molar-refractivity contribution in [1.29, 1.82) is 0 Å². The molecule has 1 aliphatic rings. The Kier molecular flexibility index (Phi) is 4.81. The van der Waals surface area contributed by atoms with E-state index in [4.69, 9.17) is 28.9 Å². The Balaban J connectivity index is 1.52. The molecule has 3 aromatic rings. The quantitative estimate of drug-likeness (QED) is 0.658. The average molecular weight is 401 g/mol. The van der Waals surface area contributed by atoms with E-state index in [-0.39, 0.29) is 5.91 Å². The summed E-state index contributed by atoms with van der Waals surface area (Å²) in [5, 5.41) is 1.78. The molecule has 2 N–H and O–H groups in total. The highest BCUT2D eigenvalue weighted by molar-refractivity contribution is 6.42. The lowest BCUT2D eigenvalue weighted by molar-refractivity contribution is 0.0747. The first kappa shape index (κ1) is 17.9. The smallest absolute Gasteiger partial charge is 0.254 e. The highest BCUT2D eigenvalue weighted by Crippen LogP contribution is 2.30. The van der Waals surface area contributed by atoms with Crippen LogP contribution in [0.3, 0.4) is 0 Å². The molecule has 0 unspecified atom stereocenters. The zero-order valence-electron chi connectivity index (χ0n) is 14.5. The molecule has 0 spiro atoms. The number of fused-ring (bicyclic) bond motifs is 1. The van der Waals surface area contributed by atoms with E-state index in [0.29, 0.717) is 28.7 Å². The van der Waals surface area contributed by atoms with E-state index in [1.165, 1.54) is 0 Å². The number of hydrogen-bond donors (Lipinski definition) is 1. The van der Waals surface area contributed by atoms with Gasteiger partial charge < -0.3 is 15.5 Å². The number of nitrogens with zero attached hydrogens (tertiary/aromatic N) is 3. The van der Waals surface area contributed by atoms with E-state index in [2.05, 4.69) is 9.88 Å². The van der Waals surface area contributed by atoms with Crippen molar-refractivity contribution in [3.63, 3.8) is 0 Å². The van der Waals surface area contributed by atoms with Crippen LogP contribution >= 0.6 is 23.2 Å². The number of carbonyl (C=O) groups excluding carboxylic acids is 1. The Bertz CT molecular complexity index is 1020. The molecule has 7 heteroatoms. The minimum Gasteiger partial charge on any atom is -0.398 e. The molecule has 0 aliphatic carbocycles. The van der Waals surface area contributed by atoms with Crippen molar-refractivity contribution in [1.82, 2.24) is 9.88 Å². The van der Waals surface area contributed by atoms with E-state index in [0.717, 1.165) is 35.4 Å². The molecule has 138 valence electrons. The first-order chi connectivity index (χ1) is 13.0. The van der Waals surface area contributed by atoms with Crippen LogP contribution < -0.4 is 10.6 Å². The first-order valence-corrected chi connectivity index (χ1v) is 9.42. The molecule has 4 rings (SSSR count). The molecule has 1 fully saturated rings. The van der Waals surface area contributed by atoms with Crippen molar-refractivity contribution in [2.75, 3.05) is 36.8 Å². The van der Waals surface area contributed by atoms with Gasteiger partial charge in [-0.1, -0.05) is 23.2 Å². The Morgan fingerprint density at radius 2 is 1.78 bits per heavy atom. The number of amides is 1. The fraction of sp³-hybridized carbons (Fsp3) is 0.200. The van der Waals surface area contributed by atoms with Gasteiger partial charge in [0.15, 0.2) is 0 Å². The maximum Gasteiger partial charge on any atom is 0.254 e. The Morgan fingerprint density at radius 1 is 1.00 bits per heavy atom. The molecule has 5 nitrogen and oxygen atoms in total. The maximum atomic E-state index is 12.7. The van der Waals surface area contributed by atoms with Crippen molar-refractivity contribution in [2.24, 2.45) is 0 Å². The summed E-state index contributed by atoms with van der Waals surface area (Å²) >= 11 is 12.0. The molecule has 1 aliphatic heterocycles. The predicted molar refractivity (Wildman–Crippen MR) is 111 cm³/mol. The summed E-state index contributed by atoms with van der Waals surface area (Å²) in [5.74, 6) is -0.0338. The fourth-order valence-electron chi connectivity index (χ4n) is 3.40. The van der Waals surface area contributed by atoms with Crippen LogP contribution in [0.5, 0.6) is 0 Å². The second kappa shape index (κ2) is 7.25. The topological polar surface area (TPSA) is 62.5 Å². The van der Waals surface area contributed by atoms with Gasteiger partial charge in [-0.25, -0.2) is 0 Å². The van der Waals surface area contributed by atoms with Crippen molar-refractivity contribution < 1.29 is 4.79 Å². The van der Waals surface area contributed by atoms with Crippen LogP contribution in [-0.4, -0.2) is 42.0 Å². The van der Waals surface area contributed by atoms with Crippen LogP contribution in [0.25, 0.3) is 10.9 Å². The minimum absolute atomic E-state index is 0.0338. The molecule has 1 aromatic heterocycles. The number of anilines is 2. The van der Waals surface area contributed by atoms with Gasteiger partial charge in [0.1, 0.15) is 0 Å². The molecule has 2 aromatic carbocycles. The summed E-state index contributed by atoms with van der Waals surface area (Å²) in [6.45, 7) is 2.70. The van der Waals surface area contributed by atoms with Crippen LogP contribution in [0.15, 0.2) is 48.7 Å². The summed E-state index contributed by atoms with van der Waals surface area (Å²) < 4.78 is 0. The van der Waals surface area contributed by atoms with Gasteiger partial charge >= 0.3 is 0 Å². The van der Waals surface area contributed by atoms with Crippen molar-refractivity contribution in [2.45, 2.75) is 0 Å². The number of rotatable bonds is 2. The summed E-state index contributed by atoms with van der Waals surface area (Å²) in [6, 6.07) is 12.8. The van der Waals surface area contributed by atoms with Gasteiger partial charge in [0.25, 0.3) is 5.91 Å². The molecule has 0 bridgehead atoms. The number of carbonyl (C=O) groups is 1. The third-order valence-corrected chi connectivity index (χ3v) is 5.60. The van der Waals surface area contributed by atoms with E-state index >= 15 is 0 Å². The number of pyridine rings is 1. The average Bonchev–Trinajstić information content (AvgIpc) is 2.70. The number of piperazine rings is 1. The molecule has 0 saturated carbocycles. The number of hydrogen-bond acceptors (Lipinski definition) is 4. The Hall–Kier alpha value is -2.50. The molecule has 0 atom stereocenters. The van der Waals surface area contributed by atoms with Gasteiger partial charge in [-0.3, -0.25) is 9.78 Å². The van der Waals surface area contributed by atoms with Gasteiger partial charge in [-0.15, -0.1) is 0 Å². The number of aromatic nitrogens is 1. The Labute approximate surface area is 167 Å². The highest BCUT2D eigenvalue weighted by Gasteiger charge is 2.24. The molecule has 27 heavy (non-hydrogen) atoms. The lowest BCUT2D eigenvalue weighted by Gasteiger charge is -2.36. The van der Waals surface area contributed by atoms with Crippen molar-refractivity contribution in [3.05, 3.63) is 64.3 Å². The van der Waals surface area contributed by atoms with Crippen LogP contribution in [0.4, 0.5) is 11.4 Å². The lowest BCUT2D eigenvalue weighted by atomic mass is 10.1. The summed E-state index contributed by atoms with van der Waals surface area (Å²) in [5.41, 5.74) is 9.28. The van der Waals surface area contributed by atoms with Crippen molar-refractivity contribution >= 4 is 51.4 Å². The van der Waals surface area contributed by atoms with Crippen LogP contribution in [0, 0.1) is 0 Å². The van der Waals surface area contributed by atoms with Crippen LogP contribution in [-0.2, 0) is 0 Å². The van der Waals surface area contributed by atoms with Gasteiger partial charge in [0.05, 0.1) is 21.2 Å². The summed E-state index contributed by atoms with van der Waals surface area (Å²) in [7, 11) is 0. The molecule has 1 saturated heterocycles. The minimum atomic E-state index is -0.0338. The van der Waals surface area contributed by atoms with Crippen molar-refractivity contribution in [3.8, 4) is 0 Å². The van der Waals surface area contributed by atoms with E-state index < -0.39 is 0 Å². The zero-order chi connectivity index (χ0) is 19.0.